The third-order valence-electron chi connectivity index (χ3n) is 4.71. The van der Waals surface area contributed by atoms with Crippen LogP contribution in [0, 0.1) is 12.8 Å². The van der Waals surface area contributed by atoms with E-state index in [4.69, 9.17) is 0 Å². The molecule has 0 unspecified atom stereocenters. The molecule has 5 heteroatoms. The number of hydrogen-bond donors (Lipinski definition) is 2. The van der Waals surface area contributed by atoms with Gasteiger partial charge < -0.3 is 15.3 Å². The number of rotatable bonds is 7. The summed E-state index contributed by atoms with van der Waals surface area (Å²) in [5.74, 6) is 0.475. The van der Waals surface area contributed by atoms with E-state index in [1.54, 1.807) is 11.3 Å². The Bertz CT molecular complexity index is 635. The van der Waals surface area contributed by atoms with Gasteiger partial charge in [-0.3, -0.25) is 0 Å². The van der Waals surface area contributed by atoms with Gasteiger partial charge in [-0.2, -0.15) is 0 Å². The van der Waals surface area contributed by atoms with Gasteiger partial charge in [0.25, 0.3) is 0 Å². The molecule has 1 aromatic carbocycles. The number of piperidine rings is 1. The predicted octanol–water partition coefficient (Wildman–Crippen LogP) is 3.70. The highest BCUT2D eigenvalue weighted by molar-refractivity contribution is 7.09. The highest BCUT2D eigenvalue weighted by Gasteiger charge is 2.20. The monoisotopic (exact) mass is 345 g/mol. The quantitative estimate of drug-likeness (QED) is 0.751. The standard InChI is InChI=1S/C19H27N3OS/c1-15-21-17(14-24-15)5-4-10-20-18-6-2-3-7-19(18)22-11-8-16(13-23)9-12-22/h2-3,6-7,14,16,20,23H,4-5,8-13H2,1H3. The molecule has 2 heterocycles. The Morgan fingerprint density at radius 3 is 2.79 bits per heavy atom. The van der Waals surface area contributed by atoms with Gasteiger partial charge in [0.2, 0.25) is 0 Å². The number of nitrogens with zero attached hydrogens (tertiary/aromatic N) is 2. The van der Waals surface area contributed by atoms with E-state index in [2.05, 4.69) is 51.8 Å². The number of aliphatic hydroxyl groups excluding tert-OH is 1. The lowest BCUT2D eigenvalue weighted by atomic mass is 9.97. The molecule has 0 bridgehead atoms. The molecule has 1 aromatic heterocycles. The lowest BCUT2D eigenvalue weighted by Crippen LogP contribution is -2.35. The Morgan fingerprint density at radius 2 is 2.08 bits per heavy atom. The van der Waals surface area contributed by atoms with Crippen LogP contribution < -0.4 is 10.2 Å². The minimum atomic E-state index is 0.323. The van der Waals surface area contributed by atoms with Crippen molar-refractivity contribution in [2.75, 3.05) is 36.5 Å². The molecule has 0 amide bonds. The van der Waals surface area contributed by atoms with Crippen molar-refractivity contribution in [1.82, 2.24) is 4.98 Å². The van der Waals surface area contributed by atoms with Crippen molar-refractivity contribution in [2.24, 2.45) is 5.92 Å². The molecular weight excluding hydrogens is 318 g/mol. The lowest BCUT2D eigenvalue weighted by molar-refractivity contribution is 0.203. The van der Waals surface area contributed by atoms with Crippen molar-refractivity contribution in [3.63, 3.8) is 0 Å². The third-order valence-corrected chi connectivity index (χ3v) is 5.53. The van der Waals surface area contributed by atoms with E-state index in [9.17, 15) is 5.11 Å². The molecule has 1 aliphatic heterocycles. The Labute approximate surface area is 148 Å². The second kappa shape index (κ2) is 8.49. The van der Waals surface area contributed by atoms with Gasteiger partial charge in [0.1, 0.15) is 0 Å². The van der Waals surface area contributed by atoms with Gasteiger partial charge >= 0.3 is 0 Å². The summed E-state index contributed by atoms with van der Waals surface area (Å²) < 4.78 is 0. The smallest absolute Gasteiger partial charge is 0.0897 e. The molecule has 2 aromatic rings. The number of thiazole rings is 1. The molecule has 1 saturated heterocycles. The van der Waals surface area contributed by atoms with Gasteiger partial charge in [-0.1, -0.05) is 12.1 Å². The zero-order chi connectivity index (χ0) is 16.8. The fraction of sp³-hybridized carbons (Fsp3) is 0.526. The van der Waals surface area contributed by atoms with Crippen LogP contribution in [0.1, 0.15) is 30.0 Å². The Kier molecular flexibility index (Phi) is 6.10. The molecule has 1 fully saturated rings. The molecule has 130 valence electrons. The summed E-state index contributed by atoms with van der Waals surface area (Å²) in [6.45, 7) is 5.40. The van der Waals surface area contributed by atoms with Gasteiger partial charge in [0.15, 0.2) is 0 Å². The Balaban J connectivity index is 1.52. The zero-order valence-electron chi connectivity index (χ0n) is 14.4. The maximum absolute atomic E-state index is 9.31. The Morgan fingerprint density at radius 1 is 1.29 bits per heavy atom. The predicted molar refractivity (Wildman–Crippen MR) is 102 cm³/mol. The molecule has 0 aliphatic carbocycles. The summed E-state index contributed by atoms with van der Waals surface area (Å²) in [4.78, 5) is 6.97. The summed E-state index contributed by atoms with van der Waals surface area (Å²) in [5, 5.41) is 16.2. The molecule has 4 nitrogen and oxygen atoms in total. The van der Waals surface area contributed by atoms with Gasteiger partial charge in [0.05, 0.1) is 22.1 Å². The highest BCUT2D eigenvalue weighted by atomic mass is 32.1. The maximum atomic E-state index is 9.31. The van der Waals surface area contributed by atoms with Crippen LogP contribution in [0.3, 0.4) is 0 Å². The van der Waals surface area contributed by atoms with E-state index in [1.807, 2.05) is 0 Å². The summed E-state index contributed by atoms with van der Waals surface area (Å²) in [5.41, 5.74) is 3.71. The fourth-order valence-electron chi connectivity index (χ4n) is 3.27. The summed E-state index contributed by atoms with van der Waals surface area (Å²) >= 11 is 1.73. The summed E-state index contributed by atoms with van der Waals surface area (Å²) in [7, 11) is 0. The molecule has 0 radical (unpaired) electrons. The molecule has 0 spiro atoms. The van der Waals surface area contributed by atoms with Crippen LogP contribution in [-0.2, 0) is 6.42 Å². The number of nitrogens with one attached hydrogen (secondary N) is 1. The first-order valence-corrected chi connectivity index (χ1v) is 9.74. The molecular formula is C19H27N3OS. The van der Waals surface area contributed by atoms with Crippen LogP contribution in [0.5, 0.6) is 0 Å². The van der Waals surface area contributed by atoms with Crippen LogP contribution in [0.2, 0.25) is 0 Å². The third kappa shape index (κ3) is 4.48. The van der Waals surface area contributed by atoms with Crippen molar-refractivity contribution in [3.8, 4) is 0 Å². The number of aryl methyl sites for hydroxylation is 2. The molecule has 24 heavy (non-hydrogen) atoms. The number of hydrogen-bond acceptors (Lipinski definition) is 5. The summed E-state index contributed by atoms with van der Waals surface area (Å²) in [6.07, 6.45) is 4.27. The molecule has 2 N–H and O–H groups in total. The van der Waals surface area contributed by atoms with Crippen LogP contribution in [0.15, 0.2) is 29.6 Å². The van der Waals surface area contributed by atoms with E-state index >= 15 is 0 Å². The van der Waals surface area contributed by atoms with Crippen LogP contribution in [-0.4, -0.2) is 36.3 Å². The SMILES string of the molecule is Cc1nc(CCCNc2ccccc2N2CCC(CO)CC2)cs1. The van der Waals surface area contributed by atoms with Gasteiger partial charge in [-0.15, -0.1) is 11.3 Å². The average molecular weight is 346 g/mol. The first-order chi connectivity index (χ1) is 11.8. The lowest BCUT2D eigenvalue weighted by Gasteiger charge is -2.34. The van der Waals surface area contributed by atoms with Crippen molar-refractivity contribution in [3.05, 3.63) is 40.3 Å². The zero-order valence-corrected chi connectivity index (χ0v) is 15.2. The van der Waals surface area contributed by atoms with Crippen LogP contribution >= 0.6 is 11.3 Å². The topological polar surface area (TPSA) is 48.4 Å². The average Bonchev–Trinajstić information content (AvgIpc) is 3.04. The number of para-hydroxylation sites is 2. The minimum absolute atomic E-state index is 0.323. The van der Waals surface area contributed by atoms with E-state index in [-0.39, 0.29) is 0 Å². The van der Waals surface area contributed by atoms with Crippen molar-refractivity contribution < 1.29 is 5.11 Å². The number of aromatic nitrogens is 1. The first kappa shape index (κ1) is 17.2. The van der Waals surface area contributed by atoms with Crippen LogP contribution in [0.25, 0.3) is 0 Å². The highest BCUT2D eigenvalue weighted by Crippen LogP contribution is 2.29. The number of benzene rings is 1. The van der Waals surface area contributed by atoms with Gasteiger partial charge in [-0.25, -0.2) is 4.98 Å². The van der Waals surface area contributed by atoms with E-state index in [0.29, 0.717) is 12.5 Å². The van der Waals surface area contributed by atoms with Crippen molar-refractivity contribution >= 4 is 22.7 Å². The number of anilines is 2. The normalized spacial score (nSPS) is 15.7. The van der Waals surface area contributed by atoms with Gasteiger partial charge in [0, 0.05) is 31.6 Å². The van der Waals surface area contributed by atoms with E-state index in [0.717, 1.165) is 50.3 Å². The molecule has 3 rings (SSSR count). The van der Waals surface area contributed by atoms with Crippen LogP contribution in [0.4, 0.5) is 11.4 Å². The summed E-state index contributed by atoms with van der Waals surface area (Å²) in [6, 6.07) is 8.57. The fourth-order valence-corrected chi connectivity index (χ4v) is 3.92. The molecule has 0 atom stereocenters. The molecule has 1 aliphatic rings. The second-order valence-electron chi connectivity index (χ2n) is 6.52. The number of aliphatic hydroxyl groups is 1. The first-order valence-electron chi connectivity index (χ1n) is 8.86. The maximum Gasteiger partial charge on any atom is 0.0897 e. The Hall–Kier alpha value is -1.59. The van der Waals surface area contributed by atoms with E-state index in [1.165, 1.54) is 17.1 Å². The van der Waals surface area contributed by atoms with E-state index < -0.39 is 0 Å². The van der Waals surface area contributed by atoms with Gasteiger partial charge in [-0.05, 0) is 50.7 Å². The van der Waals surface area contributed by atoms with Crippen molar-refractivity contribution in [2.45, 2.75) is 32.6 Å². The largest absolute Gasteiger partial charge is 0.396 e. The van der Waals surface area contributed by atoms with Crippen molar-refractivity contribution in [1.29, 1.82) is 0 Å². The minimum Gasteiger partial charge on any atom is -0.396 e. The molecule has 0 saturated carbocycles. The second-order valence-corrected chi connectivity index (χ2v) is 7.58.